The van der Waals surface area contributed by atoms with Crippen molar-refractivity contribution in [2.45, 2.75) is 31.0 Å². The van der Waals surface area contributed by atoms with Crippen molar-refractivity contribution in [2.75, 3.05) is 7.11 Å². The minimum Gasteiger partial charge on any atom is -0.393 e. The van der Waals surface area contributed by atoms with Crippen molar-refractivity contribution in [2.24, 2.45) is 23.2 Å². The lowest BCUT2D eigenvalue weighted by Crippen LogP contribution is -2.23. The number of aliphatic hydroxyl groups excluding tert-OH is 1. The van der Waals surface area contributed by atoms with Gasteiger partial charge in [0.05, 0.1) is 11.7 Å². The molecule has 1 spiro atoms. The van der Waals surface area contributed by atoms with Crippen molar-refractivity contribution in [1.82, 2.24) is 0 Å². The minimum absolute atomic E-state index is 0.0561. The zero-order valence-electron chi connectivity index (χ0n) is 8.44. The maximum atomic E-state index is 9.98. The molecule has 4 aliphatic rings. The van der Waals surface area contributed by atoms with Crippen LogP contribution in [0.15, 0.2) is 12.2 Å². The Bertz CT molecular complexity index is 337. The van der Waals surface area contributed by atoms with Crippen LogP contribution in [0, 0.1) is 23.2 Å². The smallest absolute Gasteiger partial charge is 0.0876 e. The van der Waals surface area contributed by atoms with Crippen molar-refractivity contribution in [3.05, 3.63) is 12.2 Å². The van der Waals surface area contributed by atoms with E-state index in [-0.39, 0.29) is 11.7 Å². The van der Waals surface area contributed by atoms with Gasteiger partial charge in [0.1, 0.15) is 0 Å². The van der Waals surface area contributed by atoms with Gasteiger partial charge in [-0.15, -0.1) is 0 Å². The fourth-order valence-electron chi connectivity index (χ4n) is 5.21. The molecule has 4 aliphatic carbocycles. The van der Waals surface area contributed by atoms with E-state index >= 15 is 0 Å². The van der Waals surface area contributed by atoms with Gasteiger partial charge in [-0.3, -0.25) is 0 Å². The van der Waals surface area contributed by atoms with Crippen LogP contribution >= 0.6 is 0 Å². The van der Waals surface area contributed by atoms with Crippen LogP contribution in [-0.4, -0.2) is 23.9 Å². The van der Waals surface area contributed by atoms with Crippen LogP contribution in [0.25, 0.3) is 0 Å². The highest BCUT2D eigenvalue weighted by molar-refractivity contribution is 5.45. The van der Waals surface area contributed by atoms with Crippen LogP contribution in [0.5, 0.6) is 0 Å². The summed E-state index contributed by atoms with van der Waals surface area (Å²) in [6, 6.07) is 0. The van der Waals surface area contributed by atoms with Crippen molar-refractivity contribution < 1.29 is 9.84 Å². The molecule has 0 aromatic rings. The maximum absolute atomic E-state index is 9.98. The van der Waals surface area contributed by atoms with Gasteiger partial charge in [0.15, 0.2) is 0 Å². The molecular formula is C12H16O2. The van der Waals surface area contributed by atoms with Gasteiger partial charge in [0.2, 0.25) is 0 Å². The lowest BCUT2D eigenvalue weighted by Gasteiger charge is -2.18. The number of methoxy groups -OCH3 is 1. The number of ether oxygens (including phenoxy) is 1. The van der Waals surface area contributed by atoms with E-state index in [4.69, 9.17) is 4.74 Å². The molecule has 0 heterocycles. The fraction of sp³-hybridized carbons (Fsp3) is 0.833. The van der Waals surface area contributed by atoms with Gasteiger partial charge in [0.25, 0.3) is 0 Å². The molecule has 0 bridgehead atoms. The van der Waals surface area contributed by atoms with E-state index in [1.807, 2.05) is 7.11 Å². The Labute approximate surface area is 83.9 Å². The second-order valence-electron chi connectivity index (χ2n) is 5.45. The SMILES string of the molecule is CO[C@]12[C@@H]3C=C[C@H]1C[C@@H]1[C@@H](O)CC[C@]132. The molecule has 0 aromatic carbocycles. The summed E-state index contributed by atoms with van der Waals surface area (Å²) in [5.41, 5.74) is 0.468. The van der Waals surface area contributed by atoms with Crippen molar-refractivity contribution in [3.8, 4) is 0 Å². The minimum atomic E-state index is -0.0561. The molecule has 1 N–H and O–H groups in total. The summed E-state index contributed by atoms with van der Waals surface area (Å²) in [5, 5.41) is 9.98. The molecule has 76 valence electrons. The quantitative estimate of drug-likeness (QED) is 0.635. The molecule has 0 saturated heterocycles. The van der Waals surface area contributed by atoms with E-state index in [2.05, 4.69) is 12.2 Å². The first-order chi connectivity index (χ1) is 6.77. The Hall–Kier alpha value is -0.340. The maximum Gasteiger partial charge on any atom is 0.0876 e. The largest absolute Gasteiger partial charge is 0.393 e. The second-order valence-corrected chi connectivity index (χ2v) is 5.45. The van der Waals surface area contributed by atoms with E-state index in [0.29, 0.717) is 23.2 Å². The molecule has 2 heteroatoms. The van der Waals surface area contributed by atoms with E-state index < -0.39 is 0 Å². The van der Waals surface area contributed by atoms with E-state index in [9.17, 15) is 5.11 Å². The number of rotatable bonds is 1. The summed E-state index contributed by atoms with van der Waals surface area (Å²) in [4.78, 5) is 0. The topological polar surface area (TPSA) is 29.5 Å². The van der Waals surface area contributed by atoms with Gasteiger partial charge in [-0.1, -0.05) is 12.2 Å². The Morgan fingerprint density at radius 1 is 1.43 bits per heavy atom. The third-order valence-corrected chi connectivity index (χ3v) is 5.57. The molecule has 4 rings (SSSR count). The highest BCUT2D eigenvalue weighted by atomic mass is 16.5. The van der Waals surface area contributed by atoms with Crippen LogP contribution in [0.1, 0.15) is 19.3 Å². The van der Waals surface area contributed by atoms with E-state index in [1.54, 1.807) is 0 Å². The second kappa shape index (κ2) is 1.96. The number of hydrogen-bond acceptors (Lipinski definition) is 2. The molecule has 3 fully saturated rings. The lowest BCUT2D eigenvalue weighted by atomic mass is 9.90. The normalized spacial score (nSPS) is 67.0. The van der Waals surface area contributed by atoms with Crippen LogP contribution in [0.3, 0.4) is 0 Å². The van der Waals surface area contributed by atoms with Gasteiger partial charge in [-0.2, -0.15) is 0 Å². The van der Waals surface area contributed by atoms with E-state index in [1.165, 1.54) is 6.42 Å². The van der Waals surface area contributed by atoms with Gasteiger partial charge in [0, 0.05) is 24.4 Å². The predicted molar refractivity (Wildman–Crippen MR) is 51.6 cm³/mol. The van der Waals surface area contributed by atoms with Crippen LogP contribution in [-0.2, 0) is 4.74 Å². The highest BCUT2D eigenvalue weighted by Crippen LogP contribution is 2.84. The Balaban J connectivity index is 1.87. The van der Waals surface area contributed by atoms with E-state index in [0.717, 1.165) is 12.8 Å². The zero-order valence-corrected chi connectivity index (χ0v) is 8.44. The first kappa shape index (κ1) is 7.89. The highest BCUT2D eigenvalue weighted by Gasteiger charge is 2.88. The van der Waals surface area contributed by atoms with Crippen molar-refractivity contribution >= 4 is 0 Å². The van der Waals surface area contributed by atoms with Gasteiger partial charge < -0.3 is 9.84 Å². The molecule has 3 saturated carbocycles. The number of hydrogen-bond donors (Lipinski definition) is 1. The molecular weight excluding hydrogens is 176 g/mol. The summed E-state index contributed by atoms with van der Waals surface area (Å²) in [7, 11) is 1.86. The van der Waals surface area contributed by atoms with Crippen LogP contribution in [0.2, 0.25) is 0 Å². The summed E-state index contributed by atoms with van der Waals surface area (Å²) in [6.45, 7) is 0. The summed E-state index contributed by atoms with van der Waals surface area (Å²) in [6.07, 6.45) is 7.95. The Morgan fingerprint density at radius 3 is 3.00 bits per heavy atom. The molecule has 0 radical (unpaired) electrons. The first-order valence-corrected chi connectivity index (χ1v) is 5.69. The molecule has 0 aromatic heterocycles. The molecule has 6 atom stereocenters. The monoisotopic (exact) mass is 192 g/mol. The lowest BCUT2D eigenvalue weighted by molar-refractivity contribution is 0.0296. The van der Waals surface area contributed by atoms with Crippen molar-refractivity contribution in [1.29, 1.82) is 0 Å². The molecule has 0 amide bonds. The fourth-order valence-corrected chi connectivity index (χ4v) is 5.21. The summed E-state index contributed by atoms with van der Waals surface area (Å²) in [5.74, 6) is 1.74. The molecule has 2 nitrogen and oxygen atoms in total. The molecule has 0 aliphatic heterocycles. The third kappa shape index (κ3) is 0.478. The Morgan fingerprint density at radius 2 is 2.29 bits per heavy atom. The first-order valence-electron chi connectivity index (χ1n) is 5.69. The third-order valence-electron chi connectivity index (χ3n) is 5.57. The summed E-state index contributed by atoms with van der Waals surface area (Å²) >= 11 is 0. The summed E-state index contributed by atoms with van der Waals surface area (Å²) < 4.78 is 5.84. The zero-order chi connectivity index (χ0) is 9.55. The van der Waals surface area contributed by atoms with Gasteiger partial charge >= 0.3 is 0 Å². The average molecular weight is 192 g/mol. The molecule has 14 heavy (non-hydrogen) atoms. The van der Waals surface area contributed by atoms with Gasteiger partial charge in [-0.25, -0.2) is 0 Å². The van der Waals surface area contributed by atoms with Gasteiger partial charge in [-0.05, 0) is 25.2 Å². The molecule has 0 unspecified atom stereocenters. The average Bonchev–Trinajstić information content (AvgIpc) is 2.47. The standard InChI is InChI=1S/C12H16O2/c1-14-12-7-2-3-10(12)11(12)5-4-9(13)8(11)6-7/h2-3,7-10,13H,4-6H2,1H3/t7-,8+,9-,10+,11-,12-/m0/s1. The van der Waals surface area contributed by atoms with Crippen LogP contribution in [0.4, 0.5) is 0 Å². The predicted octanol–water partition coefficient (Wildman–Crippen LogP) is 1.35. The van der Waals surface area contributed by atoms with Crippen LogP contribution < -0.4 is 0 Å². The Kier molecular flexibility index (Phi) is 1.10. The van der Waals surface area contributed by atoms with Crippen molar-refractivity contribution in [3.63, 3.8) is 0 Å². The number of aliphatic hydroxyl groups is 1.